The van der Waals surface area contributed by atoms with Crippen LogP contribution in [0.15, 0.2) is 18.2 Å². The van der Waals surface area contributed by atoms with Crippen molar-refractivity contribution in [3.63, 3.8) is 0 Å². The van der Waals surface area contributed by atoms with Crippen LogP contribution in [0, 0.1) is 6.92 Å². The lowest BCUT2D eigenvalue weighted by molar-refractivity contribution is 0.0592. The van der Waals surface area contributed by atoms with Crippen LogP contribution in [0.3, 0.4) is 0 Å². The summed E-state index contributed by atoms with van der Waals surface area (Å²) in [5.74, 6) is -0.459. The van der Waals surface area contributed by atoms with E-state index < -0.39 is 5.97 Å². The molecule has 0 saturated carbocycles. The van der Waals surface area contributed by atoms with Crippen molar-refractivity contribution < 1.29 is 9.53 Å². The molecule has 0 aliphatic rings. The minimum absolute atomic E-state index is 0.280. The molecule has 0 atom stereocenters. The molecule has 112 valence electrons. The molecular formula is C15H18ClN3O2. The van der Waals surface area contributed by atoms with Gasteiger partial charge in [-0.05, 0) is 30.5 Å². The Labute approximate surface area is 128 Å². The van der Waals surface area contributed by atoms with Crippen molar-refractivity contribution in [2.24, 2.45) is 0 Å². The van der Waals surface area contributed by atoms with Gasteiger partial charge in [0.05, 0.1) is 19.3 Å². The van der Waals surface area contributed by atoms with Crippen LogP contribution in [0.1, 0.15) is 40.7 Å². The lowest BCUT2D eigenvalue weighted by atomic mass is 10.1. The molecule has 0 unspecified atom stereocenters. The second kappa shape index (κ2) is 6.72. The summed E-state index contributed by atoms with van der Waals surface area (Å²) >= 11 is 6.25. The van der Waals surface area contributed by atoms with E-state index in [4.69, 9.17) is 16.3 Å². The summed E-state index contributed by atoms with van der Waals surface area (Å²) in [5, 5.41) is 8.70. The molecular weight excluding hydrogens is 290 g/mol. The Bertz CT molecular complexity index is 652. The first-order chi connectivity index (χ1) is 10.1. The van der Waals surface area contributed by atoms with Crippen LogP contribution in [0.5, 0.6) is 0 Å². The third kappa shape index (κ3) is 3.42. The van der Waals surface area contributed by atoms with Gasteiger partial charge in [0.15, 0.2) is 5.69 Å². The molecule has 0 fully saturated rings. The fourth-order valence-electron chi connectivity index (χ4n) is 2.14. The van der Waals surface area contributed by atoms with E-state index in [0.29, 0.717) is 18.0 Å². The predicted octanol–water partition coefficient (Wildman–Crippen LogP) is 3.03. The number of carbonyl (C=O) groups excluding carboxylic acids is 1. The van der Waals surface area contributed by atoms with E-state index in [-0.39, 0.29) is 5.69 Å². The lowest BCUT2D eigenvalue weighted by Gasteiger charge is -2.09. The summed E-state index contributed by atoms with van der Waals surface area (Å²) < 4.78 is 6.46. The quantitative estimate of drug-likeness (QED) is 0.797. The summed E-state index contributed by atoms with van der Waals surface area (Å²) in [5.41, 5.74) is 3.11. The van der Waals surface area contributed by atoms with Crippen LogP contribution in [0.25, 0.3) is 0 Å². The Morgan fingerprint density at radius 2 is 2.19 bits per heavy atom. The number of benzene rings is 1. The van der Waals surface area contributed by atoms with Gasteiger partial charge in [0.1, 0.15) is 0 Å². The molecule has 21 heavy (non-hydrogen) atoms. The summed E-state index contributed by atoms with van der Waals surface area (Å²) in [6, 6.07) is 5.88. The van der Waals surface area contributed by atoms with Crippen molar-refractivity contribution >= 4 is 17.6 Å². The van der Waals surface area contributed by atoms with Crippen LogP contribution in [-0.2, 0) is 17.7 Å². The van der Waals surface area contributed by atoms with E-state index in [1.165, 1.54) is 7.11 Å². The summed E-state index contributed by atoms with van der Waals surface area (Å²) in [4.78, 5) is 11.7. The van der Waals surface area contributed by atoms with Crippen molar-refractivity contribution in [3.8, 4) is 0 Å². The van der Waals surface area contributed by atoms with Crippen molar-refractivity contribution in [1.82, 2.24) is 15.0 Å². The summed E-state index contributed by atoms with van der Waals surface area (Å²) in [6.45, 7) is 4.51. The number of rotatable bonds is 5. The van der Waals surface area contributed by atoms with E-state index in [9.17, 15) is 4.79 Å². The number of aromatic nitrogens is 3. The normalized spacial score (nSPS) is 10.7. The number of hydrogen-bond acceptors (Lipinski definition) is 4. The minimum Gasteiger partial charge on any atom is -0.464 e. The maximum atomic E-state index is 11.7. The SMILES string of the molecule is CCCc1c(C(=O)OC)nnn1Cc1ccc(C)cc1Cl. The standard InChI is InChI=1S/C15H18ClN3O2/c1-4-5-13-14(15(20)21-3)17-18-19(13)9-11-7-6-10(2)8-12(11)16/h6-8H,4-5,9H2,1-3H3. The molecule has 0 radical (unpaired) electrons. The second-order valence-corrected chi connectivity index (χ2v) is 5.29. The zero-order valence-corrected chi connectivity index (χ0v) is 13.1. The molecule has 0 spiro atoms. The highest BCUT2D eigenvalue weighted by molar-refractivity contribution is 6.31. The maximum absolute atomic E-state index is 11.7. The van der Waals surface area contributed by atoms with Gasteiger partial charge in [0.2, 0.25) is 0 Å². The molecule has 1 heterocycles. The third-order valence-electron chi connectivity index (χ3n) is 3.23. The van der Waals surface area contributed by atoms with Gasteiger partial charge in [-0.1, -0.05) is 42.3 Å². The van der Waals surface area contributed by atoms with Gasteiger partial charge < -0.3 is 4.74 Å². The fourth-order valence-corrected chi connectivity index (χ4v) is 2.44. The molecule has 0 amide bonds. The molecule has 0 N–H and O–H groups in total. The number of nitrogens with zero attached hydrogens (tertiary/aromatic N) is 3. The first kappa shape index (κ1) is 15.5. The van der Waals surface area contributed by atoms with Crippen LogP contribution in [0.2, 0.25) is 5.02 Å². The van der Waals surface area contributed by atoms with E-state index in [1.54, 1.807) is 4.68 Å². The number of methoxy groups -OCH3 is 1. The Morgan fingerprint density at radius 1 is 1.43 bits per heavy atom. The largest absolute Gasteiger partial charge is 0.464 e. The van der Waals surface area contributed by atoms with E-state index in [2.05, 4.69) is 10.3 Å². The number of aryl methyl sites for hydroxylation is 1. The van der Waals surface area contributed by atoms with E-state index in [0.717, 1.165) is 23.2 Å². The van der Waals surface area contributed by atoms with Crippen molar-refractivity contribution in [3.05, 3.63) is 45.7 Å². The van der Waals surface area contributed by atoms with E-state index >= 15 is 0 Å². The van der Waals surface area contributed by atoms with Gasteiger partial charge in [0.25, 0.3) is 0 Å². The minimum atomic E-state index is -0.459. The third-order valence-corrected chi connectivity index (χ3v) is 3.58. The molecule has 2 rings (SSSR count). The van der Waals surface area contributed by atoms with Gasteiger partial charge in [-0.25, -0.2) is 9.48 Å². The van der Waals surface area contributed by atoms with Gasteiger partial charge in [-0.3, -0.25) is 0 Å². The number of carbonyl (C=O) groups is 1. The second-order valence-electron chi connectivity index (χ2n) is 4.88. The van der Waals surface area contributed by atoms with Crippen LogP contribution in [-0.4, -0.2) is 28.1 Å². The molecule has 1 aromatic heterocycles. The molecule has 0 aliphatic heterocycles. The topological polar surface area (TPSA) is 57.0 Å². The molecule has 2 aromatic rings. The molecule has 1 aromatic carbocycles. The highest BCUT2D eigenvalue weighted by Crippen LogP contribution is 2.20. The Balaban J connectivity index is 2.35. The maximum Gasteiger partial charge on any atom is 0.360 e. The van der Waals surface area contributed by atoms with Crippen molar-refractivity contribution in [2.45, 2.75) is 33.2 Å². The predicted molar refractivity (Wildman–Crippen MR) is 80.6 cm³/mol. The highest BCUT2D eigenvalue weighted by atomic mass is 35.5. The molecule has 6 heteroatoms. The fraction of sp³-hybridized carbons (Fsp3) is 0.400. The van der Waals surface area contributed by atoms with Gasteiger partial charge in [-0.15, -0.1) is 5.10 Å². The zero-order valence-electron chi connectivity index (χ0n) is 12.4. The van der Waals surface area contributed by atoms with E-state index in [1.807, 2.05) is 32.0 Å². The molecule has 0 aliphatic carbocycles. The number of ether oxygens (including phenoxy) is 1. The van der Waals surface area contributed by atoms with Crippen LogP contribution >= 0.6 is 11.6 Å². The average Bonchev–Trinajstić information content (AvgIpc) is 2.84. The van der Waals surface area contributed by atoms with Gasteiger partial charge in [-0.2, -0.15) is 0 Å². The molecule has 0 saturated heterocycles. The highest BCUT2D eigenvalue weighted by Gasteiger charge is 2.20. The zero-order chi connectivity index (χ0) is 15.4. The molecule has 5 nitrogen and oxygen atoms in total. The number of hydrogen-bond donors (Lipinski definition) is 0. The van der Waals surface area contributed by atoms with Crippen molar-refractivity contribution in [2.75, 3.05) is 7.11 Å². The lowest BCUT2D eigenvalue weighted by Crippen LogP contribution is -2.10. The molecule has 0 bridgehead atoms. The first-order valence-corrected chi connectivity index (χ1v) is 7.20. The number of halogens is 1. The summed E-state index contributed by atoms with van der Waals surface area (Å²) in [6.07, 6.45) is 1.60. The van der Waals surface area contributed by atoms with Crippen LogP contribution in [0.4, 0.5) is 0 Å². The summed E-state index contributed by atoms with van der Waals surface area (Å²) in [7, 11) is 1.34. The Morgan fingerprint density at radius 3 is 2.81 bits per heavy atom. The first-order valence-electron chi connectivity index (χ1n) is 6.82. The number of esters is 1. The van der Waals surface area contributed by atoms with Crippen molar-refractivity contribution in [1.29, 1.82) is 0 Å². The van der Waals surface area contributed by atoms with Crippen LogP contribution < -0.4 is 0 Å². The van der Waals surface area contributed by atoms with Gasteiger partial charge >= 0.3 is 5.97 Å². The average molecular weight is 308 g/mol. The smallest absolute Gasteiger partial charge is 0.360 e. The Hall–Kier alpha value is -1.88. The Kier molecular flexibility index (Phi) is 4.96. The van der Waals surface area contributed by atoms with Gasteiger partial charge in [0, 0.05) is 5.02 Å². The monoisotopic (exact) mass is 307 g/mol.